The SMILES string of the molecule is C=CC.[Re]. The summed E-state index contributed by atoms with van der Waals surface area (Å²) in [4.78, 5) is 0. The largest absolute Gasteiger partial charge is 0.103 e. The number of rotatable bonds is 0. The molecule has 1 radical (unpaired) electrons. The van der Waals surface area contributed by atoms with Crippen LogP contribution in [0.5, 0.6) is 0 Å². The van der Waals surface area contributed by atoms with Gasteiger partial charge in [0.25, 0.3) is 0 Å². The molecule has 0 rings (SSSR count). The fourth-order valence-electron chi connectivity index (χ4n) is 0. The average Bonchev–Trinajstić information content (AvgIpc) is 0.918. The van der Waals surface area contributed by atoms with Crippen LogP contribution in [-0.4, -0.2) is 0 Å². The average molecular weight is 228 g/mol. The molecule has 0 aromatic heterocycles. The number of allylic oxidation sites excluding steroid dienone is 1. The van der Waals surface area contributed by atoms with Crippen LogP contribution in [-0.2, 0) is 20.4 Å². The van der Waals surface area contributed by atoms with Crippen LogP contribution in [0, 0.1) is 0 Å². The molecule has 0 amide bonds. The Balaban J connectivity index is 0. The Morgan fingerprint density at radius 2 is 1.75 bits per heavy atom. The first-order valence-electron chi connectivity index (χ1n) is 0.986. The fraction of sp³-hybridized carbons (Fsp3) is 0.333. The number of hydrogen-bond donors (Lipinski definition) is 0. The second-order valence-electron chi connectivity index (χ2n) is 0.408. The van der Waals surface area contributed by atoms with Crippen LogP contribution >= 0.6 is 0 Å². The maximum Gasteiger partial charge on any atom is 0 e. The Bertz CT molecular complexity index is 10.8. The molecule has 0 spiro atoms. The maximum atomic E-state index is 3.36. The van der Waals surface area contributed by atoms with Gasteiger partial charge in [-0.3, -0.25) is 0 Å². The Kier molecular flexibility index (Phi) is 22.0. The maximum absolute atomic E-state index is 3.36. The summed E-state index contributed by atoms with van der Waals surface area (Å²) in [5.41, 5.74) is 0. The molecule has 0 saturated heterocycles. The van der Waals surface area contributed by atoms with E-state index < -0.39 is 0 Å². The first kappa shape index (κ1) is 8.83. The molecule has 0 nitrogen and oxygen atoms in total. The molecule has 0 saturated carbocycles. The van der Waals surface area contributed by atoms with E-state index in [-0.39, 0.29) is 20.4 Å². The van der Waals surface area contributed by atoms with Gasteiger partial charge >= 0.3 is 0 Å². The second kappa shape index (κ2) is 9.98. The molecule has 0 heterocycles. The van der Waals surface area contributed by atoms with Gasteiger partial charge in [0.15, 0.2) is 0 Å². The molecular formula is C3H6Re. The van der Waals surface area contributed by atoms with Crippen LogP contribution in [0.3, 0.4) is 0 Å². The Hall–Kier alpha value is 0.402. The minimum atomic E-state index is 0. The Morgan fingerprint density at radius 3 is 1.75 bits per heavy atom. The summed E-state index contributed by atoms with van der Waals surface area (Å²) in [5.74, 6) is 0. The first-order chi connectivity index (χ1) is 1.41. The van der Waals surface area contributed by atoms with E-state index in [0.29, 0.717) is 0 Å². The summed E-state index contributed by atoms with van der Waals surface area (Å²) in [6.45, 7) is 5.25. The zero-order valence-corrected chi connectivity index (χ0v) is 5.38. The van der Waals surface area contributed by atoms with Gasteiger partial charge in [-0.1, -0.05) is 6.08 Å². The van der Waals surface area contributed by atoms with Gasteiger partial charge in [-0.25, -0.2) is 0 Å². The standard InChI is InChI=1S/C3H6.Re/c1-3-2;/h3H,1H2,2H3;. The first-order valence-corrected chi connectivity index (χ1v) is 0.986. The normalized spacial score (nSPS) is 3.25. The summed E-state index contributed by atoms with van der Waals surface area (Å²) in [5, 5.41) is 0. The minimum absolute atomic E-state index is 0. The van der Waals surface area contributed by atoms with Gasteiger partial charge in [0.05, 0.1) is 0 Å². The van der Waals surface area contributed by atoms with Crippen LogP contribution in [0.25, 0.3) is 0 Å². The molecule has 0 N–H and O–H groups in total. The van der Waals surface area contributed by atoms with E-state index in [0.717, 1.165) is 0 Å². The van der Waals surface area contributed by atoms with Gasteiger partial charge in [0, 0.05) is 20.4 Å². The monoisotopic (exact) mass is 229 g/mol. The molecule has 0 aromatic carbocycles. The Labute approximate surface area is 40.6 Å². The van der Waals surface area contributed by atoms with E-state index in [4.69, 9.17) is 0 Å². The van der Waals surface area contributed by atoms with E-state index in [9.17, 15) is 0 Å². The van der Waals surface area contributed by atoms with Crippen LogP contribution in [0.2, 0.25) is 0 Å². The van der Waals surface area contributed by atoms with Crippen molar-refractivity contribution in [3.8, 4) is 0 Å². The predicted molar refractivity (Wildman–Crippen MR) is 15.9 cm³/mol. The van der Waals surface area contributed by atoms with E-state index >= 15 is 0 Å². The van der Waals surface area contributed by atoms with Gasteiger partial charge in [-0.2, -0.15) is 0 Å². The second-order valence-corrected chi connectivity index (χ2v) is 0.408. The molecule has 0 aliphatic carbocycles. The van der Waals surface area contributed by atoms with Gasteiger partial charge in [-0.05, 0) is 6.92 Å². The Morgan fingerprint density at radius 1 is 1.75 bits per heavy atom. The molecule has 0 aromatic rings. The summed E-state index contributed by atoms with van der Waals surface area (Å²) in [7, 11) is 0. The molecule has 1 heteroatoms. The van der Waals surface area contributed by atoms with E-state index in [1.54, 1.807) is 6.08 Å². The number of hydrogen-bond acceptors (Lipinski definition) is 0. The van der Waals surface area contributed by atoms with Crippen molar-refractivity contribution < 1.29 is 20.4 Å². The summed E-state index contributed by atoms with van der Waals surface area (Å²) in [6, 6.07) is 0. The quantitative estimate of drug-likeness (QED) is 0.546. The summed E-state index contributed by atoms with van der Waals surface area (Å²) < 4.78 is 0. The van der Waals surface area contributed by atoms with Crippen molar-refractivity contribution in [2.24, 2.45) is 0 Å². The van der Waals surface area contributed by atoms with Crippen molar-refractivity contribution in [2.75, 3.05) is 0 Å². The van der Waals surface area contributed by atoms with Gasteiger partial charge in [-0.15, -0.1) is 6.58 Å². The molecule has 0 atom stereocenters. The molecule has 0 unspecified atom stereocenters. The molecule has 0 bridgehead atoms. The minimum Gasteiger partial charge on any atom is -0.103 e. The summed E-state index contributed by atoms with van der Waals surface area (Å²) in [6.07, 6.45) is 1.75. The van der Waals surface area contributed by atoms with Crippen molar-refractivity contribution in [2.45, 2.75) is 6.92 Å². The van der Waals surface area contributed by atoms with Crippen molar-refractivity contribution in [1.82, 2.24) is 0 Å². The molecule has 0 aliphatic heterocycles. The third kappa shape index (κ3) is 29.2. The van der Waals surface area contributed by atoms with Crippen LogP contribution in [0.15, 0.2) is 12.7 Å². The topological polar surface area (TPSA) is 0 Å². The van der Waals surface area contributed by atoms with Crippen LogP contribution < -0.4 is 0 Å². The van der Waals surface area contributed by atoms with E-state index in [2.05, 4.69) is 6.58 Å². The van der Waals surface area contributed by atoms with E-state index in [1.165, 1.54) is 0 Å². The predicted octanol–water partition coefficient (Wildman–Crippen LogP) is 1.19. The third-order valence-corrected chi connectivity index (χ3v) is 0. The van der Waals surface area contributed by atoms with Crippen LogP contribution in [0.1, 0.15) is 6.92 Å². The molecule has 0 aliphatic rings. The summed E-state index contributed by atoms with van der Waals surface area (Å²) >= 11 is 0. The van der Waals surface area contributed by atoms with Crippen LogP contribution in [0.4, 0.5) is 0 Å². The van der Waals surface area contributed by atoms with Crippen molar-refractivity contribution in [3.05, 3.63) is 12.7 Å². The van der Waals surface area contributed by atoms with Crippen molar-refractivity contribution in [3.63, 3.8) is 0 Å². The van der Waals surface area contributed by atoms with Gasteiger partial charge in [0.2, 0.25) is 0 Å². The van der Waals surface area contributed by atoms with Crippen molar-refractivity contribution >= 4 is 0 Å². The van der Waals surface area contributed by atoms with Gasteiger partial charge < -0.3 is 0 Å². The molecule has 25 valence electrons. The zero-order valence-electron chi connectivity index (χ0n) is 2.66. The van der Waals surface area contributed by atoms with Crippen molar-refractivity contribution in [1.29, 1.82) is 0 Å². The molecular weight excluding hydrogens is 222 g/mol. The third-order valence-electron chi connectivity index (χ3n) is 0. The molecule has 4 heavy (non-hydrogen) atoms. The molecule has 0 fully saturated rings. The van der Waals surface area contributed by atoms with E-state index in [1.807, 2.05) is 6.92 Å². The fourth-order valence-corrected chi connectivity index (χ4v) is 0. The smallest absolute Gasteiger partial charge is 0 e. The van der Waals surface area contributed by atoms with Gasteiger partial charge in [0.1, 0.15) is 0 Å². The zero-order chi connectivity index (χ0) is 2.71.